The lowest BCUT2D eigenvalue weighted by Gasteiger charge is -2.08. The van der Waals surface area contributed by atoms with Gasteiger partial charge in [0.1, 0.15) is 0 Å². The molecule has 0 spiro atoms. The van der Waals surface area contributed by atoms with E-state index >= 15 is 0 Å². The number of carbonyl (C=O) groups is 1. The minimum absolute atomic E-state index is 0.0157. The first kappa shape index (κ1) is 16.4. The van der Waals surface area contributed by atoms with Crippen LogP contribution in [0.1, 0.15) is 17.4 Å². The van der Waals surface area contributed by atoms with Crippen molar-refractivity contribution in [3.63, 3.8) is 0 Å². The van der Waals surface area contributed by atoms with Crippen molar-refractivity contribution in [3.8, 4) is 16.3 Å². The molecular weight excluding hydrogens is 322 g/mol. The second-order valence-electron chi connectivity index (χ2n) is 5.64. The molecule has 0 aliphatic carbocycles. The zero-order valence-corrected chi connectivity index (χ0v) is 14.2. The third-order valence-corrected chi connectivity index (χ3v) is 4.53. The standard InChI is InChI=1S/C18H19N3O2S/c1-13(12-22)11-19-18(23)15-10-16(17-8-5-9-24-17)21(20-15)14-6-3-2-4-7-14/h2-10,13,22H,11-12H2,1H3,(H,19,23). The molecule has 2 heterocycles. The predicted molar refractivity (Wildman–Crippen MR) is 95.5 cm³/mol. The first-order valence-electron chi connectivity index (χ1n) is 7.77. The lowest BCUT2D eigenvalue weighted by Crippen LogP contribution is -2.29. The number of benzene rings is 1. The van der Waals surface area contributed by atoms with Crippen LogP contribution in [0.4, 0.5) is 0 Å². The lowest BCUT2D eigenvalue weighted by molar-refractivity contribution is 0.0937. The number of amides is 1. The fraction of sp³-hybridized carbons (Fsp3) is 0.222. The maximum absolute atomic E-state index is 12.4. The SMILES string of the molecule is CC(CO)CNC(=O)c1cc(-c2cccs2)n(-c2ccccc2)n1. The highest BCUT2D eigenvalue weighted by molar-refractivity contribution is 7.13. The number of thiophene rings is 1. The Bertz CT molecular complexity index is 797. The molecule has 6 heteroatoms. The summed E-state index contributed by atoms with van der Waals surface area (Å²) in [5, 5.41) is 18.4. The summed E-state index contributed by atoms with van der Waals surface area (Å²) in [7, 11) is 0. The van der Waals surface area contributed by atoms with Gasteiger partial charge in [-0.15, -0.1) is 11.3 Å². The molecule has 0 radical (unpaired) electrons. The molecular formula is C18H19N3O2S. The second-order valence-corrected chi connectivity index (χ2v) is 6.58. The van der Waals surface area contributed by atoms with Crippen LogP contribution in [-0.4, -0.2) is 33.9 Å². The van der Waals surface area contributed by atoms with E-state index in [-0.39, 0.29) is 18.4 Å². The van der Waals surface area contributed by atoms with Crippen molar-refractivity contribution in [2.75, 3.05) is 13.2 Å². The number of para-hydroxylation sites is 1. The van der Waals surface area contributed by atoms with Crippen LogP contribution in [0.2, 0.25) is 0 Å². The molecule has 0 aliphatic rings. The van der Waals surface area contributed by atoms with E-state index in [4.69, 9.17) is 5.11 Å². The van der Waals surface area contributed by atoms with Gasteiger partial charge in [-0.05, 0) is 35.6 Å². The van der Waals surface area contributed by atoms with Gasteiger partial charge in [0.25, 0.3) is 5.91 Å². The minimum atomic E-state index is -0.234. The zero-order chi connectivity index (χ0) is 16.9. The Morgan fingerprint density at radius 3 is 2.75 bits per heavy atom. The van der Waals surface area contributed by atoms with E-state index in [2.05, 4.69) is 10.4 Å². The Labute approximate surface area is 144 Å². The van der Waals surface area contributed by atoms with Gasteiger partial charge >= 0.3 is 0 Å². The monoisotopic (exact) mass is 341 g/mol. The van der Waals surface area contributed by atoms with Crippen LogP contribution in [0.5, 0.6) is 0 Å². The Morgan fingerprint density at radius 2 is 2.08 bits per heavy atom. The Balaban J connectivity index is 1.94. The fourth-order valence-corrected chi connectivity index (χ4v) is 3.01. The molecule has 2 N–H and O–H groups in total. The van der Waals surface area contributed by atoms with Crippen LogP contribution in [0.3, 0.4) is 0 Å². The van der Waals surface area contributed by atoms with E-state index < -0.39 is 0 Å². The highest BCUT2D eigenvalue weighted by Crippen LogP contribution is 2.28. The van der Waals surface area contributed by atoms with Crippen molar-refractivity contribution in [2.24, 2.45) is 5.92 Å². The first-order valence-corrected chi connectivity index (χ1v) is 8.65. The average molecular weight is 341 g/mol. The third-order valence-electron chi connectivity index (χ3n) is 3.64. The number of nitrogens with one attached hydrogen (secondary N) is 1. The van der Waals surface area contributed by atoms with Crippen molar-refractivity contribution >= 4 is 17.2 Å². The molecule has 124 valence electrons. The van der Waals surface area contributed by atoms with Crippen LogP contribution in [-0.2, 0) is 0 Å². The molecule has 5 nitrogen and oxygen atoms in total. The number of aliphatic hydroxyl groups excluding tert-OH is 1. The molecule has 0 fully saturated rings. The maximum Gasteiger partial charge on any atom is 0.271 e. The summed E-state index contributed by atoms with van der Waals surface area (Å²) < 4.78 is 1.79. The van der Waals surface area contributed by atoms with Crippen molar-refractivity contribution in [1.29, 1.82) is 0 Å². The molecule has 1 aromatic carbocycles. The van der Waals surface area contributed by atoms with Gasteiger partial charge in [-0.1, -0.05) is 31.2 Å². The molecule has 0 saturated heterocycles. The molecule has 24 heavy (non-hydrogen) atoms. The number of hydrogen-bond donors (Lipinski definition) is 2. The topological polar surface area (TPSA) is 67.2 Å². The van der Waals surface area contributed by atoms with Crippen molar-refractivity contribution in [1.82, 2.24) is 15.1 Å². The number of aromatic nitrogens is 2. The maximum atomic E-state index is 12.4. The van der Waals surface area contributed by atoms with Gasteiger partial charge in [-0.3, -0.25) is 4.79 Å². The summed E-state index contributed by atoms with van der Waals surface area (Å²) >= 11 is 1.61. The van der Waals surface area contributed by atoms with E-state index in [1.54, 1.807) is 22.1 Å². The number of rotatable bonds is 6. The fourth-order valence-electron chi connectivity index (χ4n) is 2.28. The van der Waals surface area contributed by atoms with E-state index in [1.807, 2.05) is 54.8 Å². The summed E-state index contributed by atoms with van der Waals surface area (Å²) in [5.41, 5.74) is 2.16. The van der Waals surface area contributed by atoms with E-state index in [0.717, 1.165) is 16.3 Å². The van der Waals surface area contributed by atoms with Gasteiger partial charge in [-0.2, -0.15) is 5.10 Å². The van der Waals surface area contributed by atoms with Crippen LogP contribution >= 0.6 is 11.3 Å². The lowest BCUT2D eigenvalue weighted by atomic mass is 10.2. The van der Waals surface area contributed by atoms with E-state index in [0.29, 0.717) is 12.2 Å². The molecule has 2 aromatic heterocycles. The van der Waals surface area contributed by atoms with Crippen LogP contribution in [0, 0.1) is 5.92 Å². The normalized spacial score (nSPS) is 12.1. The van der Waals surface area contributed by atoms with Gasteiger partial charge in [0.15, 0.2) is 5.69 Å². The molecule has 1 amide bonds. The quantitative estimate of drug-likeness (QED) is 0.724. The molecule has 1 atom stereocenters. The predicted octanol–water partition coefficient (Wildman–Crippen LogP) is 2.96. The summed E-state index contributed by atoms with van der Waals surface area (Å²) in [6.45, 7) is 2.33. The van der Waals surface area contributed by atoms with Crippen LogP contribution in [0.25, 0.3) is 16.3 Å². The summed E-state index contributed by atoms with van der Waals surface area (Å²) in [5.74, 6) is -0.218. The Hall–Kier alpha value is -2.44. The van der Waals surface area contributed by atoms with Gasteiger partial charge in [-0.25, -0.2) is 4.68 Å². The minimum Gasteiger partial charge on any atom is -0.396 e. The molecule has 0 saturated carbocycles. The average Bonchev–Trinajstić information content (AvgIpc) is 3.29. The van der Waals surface area contributed by atoms with Gasteiger partial charge in [0.2, 0.25) is 0 Å². The van der Waals surface area contributed by atoms with E-state index in [9.17, 15) is 4.79 Å². The highest BCUT2D eigenvalue weighted by Gasteiger charge is 2.17. The third kappa shape index (κ3) is 3.55. The molecule has 0 aliphatic heterocycles. The molecule has 1 unspecified atom stereocenters. The molecule has 3 aromatic rings. The largest absolute Gasteiger partial charge is 0.396 e. The summed E-state index contributed by atoms with van der Waals surface area (Å²) in [6, 6.07) is 15.5. The van der Waals surface area contributed by atoms with Gasteiger partial charge in [0, 0.05) is 13.2 Å². The second kappa shape index (κ2) is 7.42. The van der Waals surface area contributed by atoms with E-state index in [1.165, 1.54) is 0 Å². The van der Waals surface area contributed by atoms with Gasteiger partial charge < -0.3 is 10.4 Å². The Morgan fingerprint density at radius 1 is 1.29 bits per heavy atom. The van der Waals surface area contributed by atoms with Crippen molar-refractivity contribution in [2.45, 2.75) is 6.92 Å². The molecule has 0 bridgehead atoms. The summed E-state index contributed by atoms with van der Waals surface area (Å²) in [4.78, 5) is 13.4. The molecule has 3 rings (SSSR count). The zero-order valence-electron chi connectivity index (χ0n) is 13.3. The number of nitrogens with zero attached hydrogens (tertiary/aromatic N) is 2. The Kier molecular flexibility index (Phi) is 5.08. The number of carbonyl (C=O) groups excluding carboxylic acids is 1. The summed E-state index contributed by atoms with van der Waals surface area (Å²) in [6.07, 6.45) is 0. The smallest absolute Gasteiger partial charge is 0.271 e. The highest BCUT2D eigenvalue weighted by atomic mass is 32.1. The van der Waals surface area contributed by atoms with Crippen molar-refractivity contribution < 1.29 is 9.90 Å². The van der Waals surface area contributed by atoms with Crippen LogP contribution < -0.4 is 5.32 Å². The number of aliphatic hydroxyl groups is 1. The van der Waals surface area contributed by atoms with Crippen molar-refractivity contribution in [3.05, 3.63) is 59.6 Å². The first-order chi connectivity index (χ1) is 11.7. The van der Waals surface area contributed by atoms with Gasteiger partial charge in [0.05, 0.1) is 16.3 Å². The number of hydrogen-bond acceptors (Lipinski definition) is 4. The van der Waals surface area contributed by atoms with Crippen LogP contribution in [0.15, 0.2) is 53.9 Å².